The Morgan fingerprint density at radius 2 is 1.94 bits per heavy atom. The molecule has 0 bridgehead atoms. The highest BCUT2D eigenvalue weighted by molar-refractivity contribution is 14.1. The average molecular weight is 620 g/mol. The van der Waals surface area contributed by atoms with Crippen molar-refractivity contribution in [3.05, 3.63) is 102 Å². The first kappa shape index (κ1) is 22.9. The summed E-state index contributed by atoms with van der Waals surface area (Å²) >= 11 is 5.67. The van der Waals surface area contributed by atoms with Crippen LogP contribution in [-0.2, 0) is 6.61 Å². The predicted molar refractivity (Wildman–Crippen MR) is 136 cm³/mol. The van der Waals surface area contributed by atoms with Gasteiger partial charge in [0.05, 0.1) is 11.1 Å². The van der Waals surface area contributed by atoms with Gasteiger partial charge >= 0.3 is 5.91 Å². The molecule has 0 fully saturated rings. The van der Waals surface area contributed by atoms with Gasteiger partial charge in [-0.2, -0.15) is 5.10 Å². The van der Waals surface area contributed by atoms with E-state index >= 15 is 0 Å². The number of nitrogens with one attached hydrogen (secondary N) is 1. The molecule has 0 spiro atoms. The second-order valence-electron chi connectivity index (χ2n) is 6.89. The summed E-state index contributed by atoms with van der Waals surface area (Å²) in [5.74, 6) is 0.0133. The number of halogens is 2. The first-order chi connectivity index (χ1) is 15.9. The molecule has 1 heterocycles. The quantitative estimate of drug-likeness (QED) is 0.117. The van der Waals surface area contributed by atoms with Crippen LogP contribution in [0.1, 0.15) is 21.7 Å². The van der Waals surface area contributed by atoms with Crippen LogP contribution in [0.3, 0.4) is 0 Å². The SMILES string of the molecule is O=C(N/N=C\c1cc(Br)ccc1OCc1ccc(I)cc1)c1cc2cc([N+](=O)[O-])ccc2o1. The number of nitrogens with zero attached hydrogens (tertiary/aromatic N) is 2. The summed E-state index contributed by atoms with van der Waals surface area (Å²) in [6.45, 7) is 0.386. The number of furan rings is 1. The Balaban J connectivity index is 1.45. The summed E-state index contributed by atoms with van der Waals surface area (Å²) in [6.07, 6.45) is 1.47. The maximum Gasteiger partial charge on any atom is 0.307 e. The maximum atomic E-state index is 12.4. The van der Waals surface area contributed by atoms with Crippen molar-refractivity contribution in [3.8, 4) is 5.75 Å². The van der Waals surface area contributed by atoms with Gasteiger partial charge < -0.3 is 9.15 Å². The molecule has 0 atom stereocenters. The van der Waals surface area contributed by atoms with Crippen molar-refractivity contribution in [1.82, 2.24) is 5.43 Å². The lowest BCUT2D eigenvalue weighted by atomic mass is 10.2. The number of fused-ring (bicyclic) bond motifs is 1. The standard InChI is InChI=1S/C23H15BrIN3O5/c24-17-3-7-20(32-13-14-1-4-18(25)5-2-14)16(9-17)12-26-27-23(29)22-11-15-10-19(28(30)31)6-8-21(15)33-22/h1-12H,13H2,(H,27,29)/b26-12-. The molecule has 0 saturated heterocycles. The normalized spacial score (nSPS) is 11.1. The molecule has 8 nitrogen and oxygen atoms in total. The minimum absolute atomic E-state index is 0.00734. The number of carbonyl (C=O) groups is 1. The number of carbonyl (C=O) groups excluding carboxylic acids is 1. The Bertz CT molecular complexity index is 1370. The van der Waals surface area contributed by atoms with Crippen LogP contribution in [-0.4, -0.2) is 17.0 Å². The topological polar surface area (TPSA) is 107 Å². The molecule has 4 rings (SSSR count). The van der Waals surface area contributed by atoms with E-state index in [0.29, 0.717) is 28.9 Å². The van der Waals surface area contributed by atoms with Crippen molar-refractivity contribution in [2.24, 2.45) is 5.10 Å². The summed E-state index contributed by atoms with van der Waals surface area (Å²) in [5, 5.41) is 15.4. The summed E-state index contributed by atoms with van der Waals surface area (Å²) in [7, 11) is 0. The molecule has 166 valence electrons. The Morgan fingerprint density at radius 3 is 2.70 bits per heavy atom. The third kappa shape index (κ3) is 5.76. The molecule has 0 saturated carbocycles. The highest BCUT2D eigenvalue weighted by Gasteiger charge is 2.14. The van der Waals surface area contributed by atoms with E-state index in [1.807, 2.05) is 42.5 Å². The van der Waals surface area contributed by atoms with Crippen molar-refractivity contribution in [2.75, 3.05) is 0 Å². The number of rotatable bonds is 7. The summed E-state index contributed by atoms with van der Waals surface area (Å²) in [5.41, 5.74) is 4.38. The van der Waals surface area contributed by atoms with Crippen LogP contribution in [0.5, 0.6) is 5.75 Å². The third-order valence-electron chi connectivity index (χ3n) is 4.58. The molecule has 0 radical (unpaired) electrons. The van der Waals surface area contributed by atoms with Gasteiger partial charge in [-0.25, -0.2) is 5.43 Å². The predicted octanol–water partition coefficient (Wildman–Crippen LogP) is 6.05. The van der Waals surface area contributed by atoms with Crippen molar-refractivity contribution in [3.63, 3.8) is 0 Å². The zero-order valence-corrected chi connectivity index (χ0v) is 20.6. The van der Waals surface area contributed by atoms with Gasteiger partial charge in [-0.05, 0) is 70.6 Å². The van der Waals surface area contributed by atoms with Gasteiger partial charge in [0.1, 0.15) is 17.9 Å². The number of nitro groups is 1. The first-order valence-electron chi connectivity index (χ1n) is 9.57. The van der Waals surface area contributed by atoms with Crippen LogP contribution in [0.15, 0.2) is 80.7 Å². The molecule has 0 unspecified atom stereocenters. The first-order valence-corrected chi connectivity index (χ1v) is 11.4. The second-order valence-corrected chi connectivity index (χ2v) is 9.05. The van der Waals surface area contributed by atoms with Crippen LogP contribution in [0.2, 0.25) is 0 Å². The van der Waals surface area contributed by atoms with Crippen LogP contribution in [0.4, 0.5) is 5.69 Å². The van der Waals surface area contributed by atoms with Crippen LogP contribution in [0.25, 0.3) is 11.0 Å². The van der Waals surface area contributed by atoms with E-state index in [1.165, 1.54) is 30.5 Å². The molecule has 4 aromatic rings. The molecule has 0 aliphatic heterocycles. The van der Waals surface area contributed by atoms with Crippen molar-refractivity contribution < 1.29 is 18.9 Å². The van der Waals surface area contributed by atoms with E-state index in [9.17, 15) is 14.9 Å². The molecule has 0 aliphatic rings. The van der Waals surface area contributed by atoms with Gasteiger partial charge in [-0.1, -0.05) is 28.1 Å². The second kappa shape index (κ2) is 10.1. The van der Waals surface area contributed by atoms with Gasteiger partial charge in [-0.3, -0.25) is 14.9 Å². The molecule has 1 aromatic heterocycles. The number of benzene rings is 3. The fourth-order valence-electron chi connectivity index (χ4n) is 2.97. The summed E-state index contributed by atoms with van der Waals surface area (Å²) in [4.78, 5) is 22.8. The maximum absolute atomic E-state index is 12.4. The summed E-state index contributed by atoms with van der Waals surface area (Å²) < 4.78 is 13.4. The van der Waals surface area contributed by atoms with E-state index in [0.717, 1.165) is 13.6 Å². The fourth-order valence-corrected chi connectivity index (χ4v) is 3.70. The monoisotopic (exact) mass is 619 g/mol. The molecule has 3 aromatic carbocycles. The smallest absolute Gasteiger partial charge is 0.307 e. The van der Waals surface area contributed by atoms with Gasteiger partial charge in [-0.15, -0.1) is 0 Å². The lowest BCUT2D eigenvalue weighted by Crippen LogP contribution is -2.16. The number of ether oxygens (including phenoxy) is 1. The Labute approximate surface area is 210 Å². The third-order valence-corrected chi connectivity index (χ3v) is 5.80. The van der Waals surface area contributed by atoms with Crippen molar-refractivity contribution in [1.29, 1.82) is 0 Å². The molecule has 1 N–H and O–H groups in total. The van der Waals surface area contributed by atoms with Gasteiger partial charge in [0.2, 0.25) is 0 Å². The fraction of sp³-hybridized carbons (Fsp3) is 0.0435. The number of hydrogen-bond donors (Lipinski definition) is 1. The number of amides is 1. The average Bonchev–Trinajstić information content (AvgIpc) is 3.23. The zero-order valence-electron chi connectivity index (χ0n) is 16.8. The largest absolute Gasteiger partial charge is 0.488 e. The zero-order chi connectivity index (χ0) is 23.4. The summed E-state index contributed by atoms with van der Waals surface area (Å²) in [6, 6.07) is 19.0. The number of hydrogen-bond acceptors (Lipinski definition) is 6. The van der Waals surface area contributed by atoms with E-state index in [-0.39, 0.29) is 11.4 Å². The highest BCUT2D eigenvalue weighted by Crippen LogP contribution is 2.25. The number of hydrazone groups is 1. The molecule has 0 aliphatic carbocycles. The van der Waals surface area contributed by atoms with Crippen molar-refractivity contribution in [2.45, 2.75) is 6.61 Å². The van der Waals surface area contributed by atoms with Gasteiger partial charge in [0, 0.05) is 31.1 Å². The highest BCUT2D eigenvalue weighted by atomic mass is 127. The Hall–Kier alpha value is -3.25. The molecule has 33 heavy (non-hydrogen) atoms. The molecule has 1 amide bonds. The van der Waals surface area contributed by atoms with Gasteiger partial charge in [0.25, 0.3) is 5.69 Å². The van der Waals surface area contributed by atoms with Crippen LogP contribution < -0.4 is 10.2 Å². The van der Waals surface area contributed by atoms with E-state index < -0.39 is 10.8 Å². The lowest BCUT2D eigenvalue weighted by molar-refractivity contribution is -0.384. The van der Waals surface area contributed by atoms with E-state index in [4.69, 9.17) is 9.15 Å². The lowest BCUT2D eigenvalue weighted by Gasteiger charge is -2.10. The molecular formula is C23H15BrIN3O5. The molecule has 10 heteroatoms. The van der Waals surface area contributed by atoms with E-state index in [2.05, 4.69) is 49.0 Å². The van der Waals surface area contributed by atoms with Crippen LogP contribution >= 0.6 is 38.5 Å². The Morgan fingerprint density at radius 1 is 1.15 bits per heavy atom. The van der Waals surface area contributed by atoms with E-state index in [1.54, 1.807) is 0 Å². The number of non-ortho nitro benzene ring substituents is 1. The van der Waals surface area contributed by atoms with Gasteiger partial charge in [0.15, 0.2) is 5.76 Å². The van der Waals surface area contributed by atoms with Crippen LogP contribution in [0, 0.1) is 13.7 Å². The minimum atomic E-state index is -0.582. The molecular weight excluding hydrogens is 605 g/mol. The number of nitro benzene ring substituents is 1. The minimum Gasteiger partial charge on any atom is -0.488 e. The van der Waals surface area contributed by atoms with Crippen molar-refractivity contribution >= 4 is 67.3 Å². The Kier molecular flexibility index (Phi) is 7.04.